The van der Waals surface area contributed by atoms with Gasteiger partial charge >= 0.3 is 0 Å². The zero-order chi connectivity index (χ0) is 19.6. The van der Waals surface area contributed by atoms with Crippen LogP contribution in [0.2, 0.25) is 0 Å². The lowest BCUT2D eigenvalue weighted by Crippen LogP contribution is -2.45. The van der Waals surface area contributed by atoms with Gasteiger partial charge in [0.2, 0.25) is 5.91 Å². The highest BCUT2D eigenvalue weighted by molar-refractivity contribution is 6.02. The van der Waals surface area contributed by atoms with Crippen LogP contribution in [0.1, 0.15) is 78.1 Å². The monoisotopic (exact) mass is 373 g/mol. The number of hydrogen-bond donors (Lipinski definition) is 1. The molecule has 2 saturated heterocycles. The van der Waals surface area contributed by atoms with E-state index >= 15 is 0 Å². The van der Waals surface area contributed by atoms with Gasteiger partial charge in [-0.15, -0.1) is 0 Å². The van der Waals surface area contributed by atoms with Gasteiger partial charge in [0.05, 0.1) is 0 Å². The Morgan fingerprint density at radius 2 is 1.63 bits per heavy atom. The van der Waals surface area contributed by atoms with Crippen molar-refractivity contribution in [2.45, 2.75) is 59.3 Å². The smallest absolute Gasteiger partial charge is 0.270 e. The number of piperidine rings is 2. The molecule has 6 heteroatoms. The fraction of sp³-hybridized carbons (Fsp3) is 0.667. The second kappa shape index (κ2) is 8.28. The molecule has 0 unspecified atom stereocenters. The zero-order valence-corrected chi connectivity index (χ0v) is 16.8. The van der Waals surface area contributed by atoms with Crippen LogP contribution in [-0.2, 0) is 11.2 Å². The molecule has 1 N–H and O–H groups in total. The number of rotatable bonds is 4. The van der Waals surface area contributed by atoms with E-state index in [4.69, 9.17) is 0 Å². The molecule has 148 valence electrons. The van der Waals surface area contributed by atoms with Gasteiger partial charge in [0.25, 0.3) is 5.91 Å². The molecule has 0 atom stereocenters. The number of H-pyrrole nitrogens is 1. The van der Waals surface area contributed by atoms with Crippen LogP contribution in [0.15, 0.2) is 0 Å². The van der Waals surface area contributed by atoms with Crippen molar-refractivity contribution in [1.82, 2.24) is 14.8 Å². The topological polar surface area (TPSA) is 73.5 Å². The van der Waals surface area contributed by atoms with Gasteiger partial charge in [-0.25, -0.2) is 0 Å². The van der Waals surface area contributed by atoms with Gasteiger partial charge in [0.15, 0.2) is 5.78 Å². The molecule has 0 aromatic carbocycles. The molecule has 2 fully saturated rings. The average molecular weight is 373 g/mol. The van der Waals surface area contributed by atoms with E-state index in [2.05, 4.69) is 4.98 Å². The number of aryl methyl sites for hydroxylation is 1. The third kappa shape index (κ3) is 3.94. The van der Waals surface area contributed by atoms with E-state index in [0.29, 0.717) is 30.8 Å². The number of amides is 2. The van der Waals surface area contributed by atoms with Crippen LogP contribution in [0, 0.1) is 12.8 Å². The zero-order valence-electron chi connectivity index (χ0n) is 16.8. The minimum absolute atomic E-state index is 0.00881. The van der Waals surface area contributed by atoms with E-state index in [-0.39, 0.29) is 23.5 Å². The second-order valence-electron chi connectivity index (χ2n) is 7.84. The second-order valence-corrected chi connectivity index (χ2v) is 7.84. The van der Waals surface area contributed by atoms with E-state index in [0.717, 1.165) is 50.0 Å². The molecule has 2 aliphatic rings. The fourth-order valence-corrected chi connectivity index (χ4v) is 4.55. The van der Waals surface area contributed by atoms with Crippen LogP contribution in [-0.4, -0.2) is 58.6 Å². The van der Waals surface area contributed by atoms with Crippen LogP contribution < -0.4 is 0 Å². The lowest BCUT2D eigenvalue weighted by Gasteiger charge is -2.35. The number of aromatic amines is 1. The molecular formula is C21H31N3O3. The summed E-state index contributed by atoms with van der Waals surface area (Å²) in [5.74, 6) is 0.249. The number of ketones is 1. The summed E-state index contributed by atoms with van der Waals surface area (Å²) in [7, 11) is 0. The lowest BCUT2D eigenvalue weighted by atomic mass is 9.94. The Morgan fingerprint density at radius 3 is 2.19 bits per heavy atom. The molecule has 0 saturated carbocycles. The molecule has 2 aliphatic heterocycles. The first kappa shape index (κ1) is 19.6. The van der Waals surface area contributed by atoms with Crippen molar-refractivity contribution in [3.05, 3.63) is 22.5 Å². The molecule has 0 radical (unpaired) electrons. The highest BCUT2D eigenvalue weighted by Gasteiger charge is 2.32. The van der Waals surface area contributed by atoms with Crippen molar-refractivity contribution < 1.29 is 14.4 Å². The van der Waals surface area contributed by atoms with Crippen molar-refractivity contribution in [2.75, 3.05) is 26.2 Å². The highest BCUT2D eigenvalue weighted by Crippen LogP contribution is 2.26. The standard InChI is InChI=1S/C21H31N3O3/c1-4-17-18(15(3)25)14(2)22-19(17)21(27)24-12-8-16(9-13-24)20(26)23-10-6-5-7-11-23/h16,22H,4-13H2,1-3H3. The summed E-state index contributed by atoms with van der Waals surface area (Å²) in [5.41, 5.74) is 2.77. The van der Waals surface area contributed by atoms with Gasteiger partial charge in [0, 0.05) is 43.4 Å². The van der Waals surface area contributed by atoms with E-state index in [1.165, 1.54) is 6.42 Å². The summed E-state index contributed by atoms with van der Waals surface area (Å²) < 4.78 is 0. The molecular weight excluding hydrogens is 342 g/mol. The predicted octanol–water partition coefficient (Wildman–Crippen LogP) is 2.95. The minimum atomic E-state index is -0.0497. The lowest BCUT2D eigenvalue weighted by molar-refractivity contribution is -0.137. The Balaban J connectivity index is 1.66. The maximum atomic E-state index is 13.0. The largest absolute Gasteiger partial charge is 0.354 e. The van der Waals surface area contributed by atoms with Crippen LogP contribution >= 0.6 is 0 Å². The summed E-state index contributed by atoms with van der Waals surface area (Å²) in [4.78, 5) is 44.7. The molecule has 1 aromatic rings. The molecule has 0 spiro atoms. The summed E-state index contributed by atoms with van der Waals surface area (Å²) in [6.07, 6.45) is 5.52. The molecule has 6 nitrogen and oxygen atoms in total. The molecule has 2 amide bonds. The Bertz CT molecular complexity index is 723. The quantitative estimate of drug-likeness (QED) is 0.825. The number of aromatic nitrogens is 1. The van der Waals surface area contributed by atoms with Crippen molar-refractivity contribution in [3.8, 4) is 0 Å². The SMILES string of the molecule is CCc1c(C(=O)N2CCC(C(=O)N3CCCCC3)CC2)[nH]c(C)c1C(C)=O. The van der Waals surface area contributed by atoms with E-state index in [1.54, 1.807) is 6.92 Å². The highest BCUT2D eigenvalue weighted by atomic mass is 16.2. The van der Waals surface area contributed by atoms with Gasteiger partial charge in [-0.3, -0.25) is 14.4 Å². The molecule has 3 rings (SSSR count). The number of carbonyl (C=O) groups excluding carboxylic acids is 3. The number of nitrogens with one attached hydrogen (secondary N) is 1. The molecule has 1 aromatic heterocycles. The maximum absolute atomic E-state index is 13.0. The van der Waals surface area contributed by atoms with Gasteiger partial charge in [-0.1, -0.05) is 6.92 Å². The van der Waals surface area contributed by atoms with E-state index < -0.39 is 0 Å². The Labute approximate surface area is 161 Å². The maximum Gasteiger partial charge on any atom is 0.270 e. The fourth-order valence-electron chi connectivity index (χ4n) is 4.55. The number of nitrogens with zero attached hydrogens (tertiary/aromatic N) is 2. The molecule has 3 heterocycles. The third-order valence-corrected chi connectivity index (χ3v) is 6.01. The Hall–Kier alpha value is -2.11. The first-order valence-electron chi connectivity index (χ1n) is 10.2. The van der Waals surface area contributed by atoms with Gasteiger partial charge in [-0.05, 0) is 57.9 Å². The average Bonchev–Trinajstić information content (AvgIpc) is 3.04. The van der Waals surface area contributed by atoms with Crippen molar-refractivity contribution in [3.63, 3.8) is 0 Å². The van der Waals surface area contributed by atoms with Crippen LogP contribution in [0.3, 0.4) is 0 Å². The molecule has 0 aliphatic carbocycles. The van der Waals surface area contributed by atoms with Crippen molar-refractivity contribution >= 4 is 17.6 Å². The van der Waals surface area contributed by atoms with Crippen LogP contribution in [0.25, 0.3) is 0 Å². The summed E-state index contributed by atoms with van der Waals surface area (Å²) in [6, 6.07) is 0. The summed E-state index contributed by atoms with van der Waals surface area (Å²) in [5, 5.41) is 0. The Morgan fingerprint density at radius 1 is 1.00 bits per heavy atom. The third-order valence-electron chi connectivity index (χ3n) is 6.01. The van der Waals surface area contributed by atoms with Crippen molar-refractivity contribution in [2.24, 2.45) is 5.92 Å². The number of hydrogen-bond acceptors (Lipinski definition) is 3. The first-order valence-corrected chi connectivity index (χ1v) is 10.2. The number of Topliss-reactive ketones (excluding diaryl/α,β-unsaturated/α-hetero) is 1. The van der Waals surface area contributed by atoms with E-state index in [9.17, 15) is 14.4 Å². The summed E-state index contributed by atoms with van der Waals surface area (Å²) in [6.45, 7) is 8.31. The molecule has 27 heavy (non-hydrogen) atoms. The van der Waals surface area contributed by atoms with Gasteiger partial charge in [-0.2, -0.15) is 0 Å². The van der Waals surface area contributed by atoms with Crippen molar-refractivity contribution in [1.29, 1.82) is 0 Å². The van der Waals surface area contributed by atoms with Crippen LogP contribution in [0.4, 0.5) is 0 Å². The normalized spacial score (nSPS) is 18.6. The van der Waals surface area contributed by atoms with Gasteiger partial charge < -0.3 is 14.8 Å². The number of likely N-dealkylation sites (tertiary alicyclic amines) is 2. The predicted molar refractivity (Wildman–Crippen MR) is 104 cm³/mol. The Kier molecular flexibility index (Phi) is 6.02. The molecule has 0 bridgehead atoms. The first-order chi connectivity index (χ1) is 12.9. The number of carbonyl (C=O) groups is 3. The summed E-state index contributed by atoms with van der Waals surface area (Å²) >= 11 is 0. The van der Waals surface area contributed by atoms with E-state index in [1.807, 2.05) is 23.6 Å². The van der Waals surface area contributed by atoms with Crippen LogP contribution in [0.5, 0.6) is 0 Å². The van der Waals surface area contributed by atoms with Gasteiger partial charge in [0.1, 0.15) is 5.69 Å². The minimum Gasteiger partial charge on any atom is -0.354 e.